The van der Waals surface area contributed by atoms with Crippen molar-refractivity contribution in [3.63, 3.8) is 0 Å². The van der Waals surface area contributed by atoms with E-state index in [0.29, 0.717) is 6.54 Å². The summed E-state index contributed by atoms with van der Waals surface area (Å²) in [4.78, 5) is 10.5. The second-order valence-corrected chi connectivity index (χ2v) is 3.72. The van der Waals surface area contributed by atoms with Crippen LogP contribution in [0.25, 0.3) is 0 Å². The van der Waals surface area contributed by atoms with Gasteiger partial charge in [0, 0.05) is 6.42 Å². The predicted octanol–water partition coefficient (Wildman–Crippen LogP) is 1.67. The molecule has 3 heteroatoms. The third-order valence-corrected chi connectivity index (χ3v) is 2.48. The lowest BCUT2D eigenvalue weighted by Gasteiger charge is -2.11. The monoisotopic (exact) mass is 207 g/mol. The number of nitrogens with two attached hydrogens (primary N) is 1. The van der Waals surface area contributed by atoms with Gasteiger partial charge < -0.3 is 10.8 Å². The normalized spacial score (nSPS) is 12.3. The van der Waals surface area contributed by atoms with Gasteiger partial charge in [0.2, 0.25) is 0 Å². The number of benzene rings is 1. The average molecular weight is 207 g/mol. The van der Waals surface area contributed by atoms with Crippen molar-refractivity contribution in [2.24, 2.45) is 11.7 Å². The zero-order chi connectivity index (χ0) is 11.1. The number of carbonyl (C=O) groups is 1. The van der Waals surface area contributed by atoms with E-state index in [4.69, 9.17) is 10.8 Å². The molecular formula is C12H17NO2. The first kappa shape index (κ1) is 11.7. The lowest BCUT2D eigenvalue weighted by Crippen LogP contribution is -2.18. The molecule has 1 aromatic rings. The highest BCUT2D eigenvalue weighted by Crippen LogP contribution is 2.12. The number of aryl methyl sites for hydroxylation is 1. The molecule has 1 rings (SSSR count). The van der Waals surface area contributed by atoms with Crippen LogP contribution in [0.3, 0.4) is 0 Å². The Balaban J connectivity index is 2.37. The minimum Gasteiger partial charge on any atom is -0.481 e. The largest absolute Gasteiger partial charge is 0.481 e. The summed E-state index contributed by atoms with van der Waals surface area (Å²) in [5.74, 6) is -0.679. The Kier molecular flexibility index (Phi) is 4.84. The third-order valence-electron chi connectivity index (χ3n) is 2.48. The molecule has 0 aliphatic carbocycles. The van der Waals surface area contributed by atoms with Crippen molar-refractivity contribution >= 4 is 5.97 Å². The van der Waals surface area contributed by atoms with Crippen LogP contribution < -0.4 is 5.73 Å². The Morgan fingerprint density at radius 1 is 1.33 bits per heavy atom. The lowest BCUT2D eigenvalue weighted by molar-refractivity contribution is -0.138. The highest BCUT2D eigenvalue weighted by molar-refractivity contribution is 5.67. The molecule has 0 saturated heterocycles. The molecule has 1 unspecified atom stereocenters. The fourth-order valence-corrected chi connectivity index (χ4v) is 1.57. The van der Waals surface area contributed by atoms with E-state index in [9.17, 15) is 4.79 Å². The van der Waals surface area contributed by atoms with Gasteiger partial charge in [-0.3, -0.25) is 4.79 Å². The molecule has 0 aliphatic rings. The van der Waals surface area contributed by atoms with Gasteiger partial charge in [-0.15, -0.1) is 0 Å². The third kappa shape index (κ3) is 4.61. The molecule has 82 valence electrons. The van der Waals surface area contributed by atoms with E-state index in [1.165, 1.54) is 5.56 Å². The van der Waals surface area contributed by atoms with Crippen LogP contribution in [0.15, 0.2) is 30.3 Å². The summed E-state index contributed by atoms with van der Waals surface area (Å²) >= 11 is 0. The lowest BCUT2D eigenvalue weighted by atomic mass is 9.97. The maximum absolute atomic E-state index is 10.5. The molecule has 3 nitrogen and oxygen atoms in total. The van der Waals surface area contributed by atoms with E-state index in [1.54, 1.807) is 0 Å². The molecule has 0 bridgehead atoms. The molecular weight excluding hydrogens is 190 g/mol. The fraction of sp³-hybridized carbons (Fsp3) is 0.417. The van der Waals surface area contributed by atoms with Crippen molar-refractivity contribution in [2.45, 2.75) is 19.3 Å². The summed E-state index contributed by atoms with van der Waals surface area (Å²) in [6, 6.07) is 10.1. The van der Waals surface area contributed by atoms with Crippen LogP contribution in [0.2, 0.25) is 0 Å². The first-order valence-corrected chi connectivity index (χ1v) is 5.18. The predicted molar refractivity (Wildman–Crippen MR) is 59.6 cm³/mol. The van der Waals surface area contributed by atoms with Gasteiger partial charge in [0.15, 0.2) is 0 Å². The minimum absolute atomic E-state index is 0.0858. The average Bonchev–Trinajstić information content (AvgIpc) is 2.25. The number of hydrogen-bond acceptors (Lipinski definition) is 2. The zero-order valence-electron chi connectivity index (χ0n) is 8.73. The summed E-state index contributed by atoms with van der Waals surface area (Å²) in [7, 11) is 0. The van der Waals surface area contributed by atoms with E-state index in [1.807, 2.05) is 30.3 Å². The Bertz CT molecular complexity index is 298. The summed E-state index contributed by atoms with van der Waals surface area (Å²) in [5, 5.41) is 8.66. The number of rotatable bonds is 6. The van der Waals surface area contributed by atoms with E-state index < -0.39 is 5.97 Å². The molecule has 0 heterocycles. The molecule has 0 radical (unpaired) electrons. The fourth-order valence-electron chi connectivity index (χ4n) is 1.57. The summed E-state index contributed by atoms with van der Waals surface area (Å²) in [6.07, 6.45) is 1.91. The van der Waals surface area contributed by atoms with Gasteiger partial charge in [-0.05, 0) is 30.9 Å². The van der Waals surface area contributed by atoms with Crippen molar-refractivity contribution in [1.29, 1.82) is 0 Å². The van der Waals surface area contributed by atoms with Gasteiger partial charge in [-0.25, -0.2) is 0 Å². The highest BCUT2D eigenvalue weighted by atomic mass is 16.4. The Morgan fingerprint density at radius 2 is 2.00 bits per heavy atom. The second-order valence-electron chi connectivity index (χ2n) is 3.72. The van der Waals surface area contributed by atoms with E-state index in [0.717, 1.165) is 12.8 Å². The van der Waals surface area contributed by atoms with Crippen LogP contribution in [0, 0.1) is 5.92 Å². The molecule has 0 fully saturated rings. The molecule has 0 aromatic heterocycles. The maximum Gasteiger partial charge on any atom is 0.303 e. The van der Waals surface area contributed by atoms with Gasteiger partial charge >= 0.3 is 5.97 Å². The van der Waals surface area contributed by atoms with Crippen LogP contribution >= 0.6 is 0 Å². The quantitative estimate of drug-likeness (QED) is 0.745. The highest BCUT2D eigenvalue weighted by Gasteiger charge is 2.11. The van der Waals surface area contributed by atoms with Gasteiger partial charge in [-0.1, -0.05) is 30.3 Å². The van der Waals surface area contributed by atoms with Crippen LogP contribution in [0.1, 0.15) is 18.4 Å². The smallest absolute Gasteiger partial charge is 0.303 e. The van der Waals surface area contributed by atoms with Gasteiger partial charge in [0.1, 0.15) is 0 Å². The number of aliphatic carboxylic acids is 1. The SMILES string of the molecule is NCC(CCc1ccccc1)CC(=O)O. The minimum atomic E-state index is -0.765. The van der Waals surface area contributed by atoms with E-state index >= 15 is 0 Å². The molecule has 3 N–H and O–H groups in total. The first-order valence-electron chi connectivity index (χ1n) is 5.18. The molecule has 0 aliphatic heterocycles. The van der Waals surface area contributed by atoms with E-state index in [-0.39, 0.29) is 12.3 Å². The first-order chi connectivity index (χ1) is 7.22. The maximum atomic E-state index is 10.5. The van der Waals surface area contributed by atoms with Crippen molar-refractivity contribution in [3.05, 3.63) is 35.9 Å². The summed E-state index contributed by atoms with van der Waals surface area (Å²) < 4.78 is 0. The number of carboxylic acid groups (broad SMARTS) is 1. The topological polar surface area (TPSA) is 63.3 Å². The zero-order valence-corrected chi connectivity index (χ0v) is 8.73. The molecule has 15 heavy (non-hydrogen) atoms. The van der Waals surface area contributed by atoms with Gasteiger partial charge in [0.25, 0.3) is 0 Å². The Hall–Kier alpha value is -1.35. The van der Waals surface area contributed by atoms with Crippen LogP contribution in [-0.4, -0.2) is 17.6 Å². The number of hydrogen-bond donors (Lipinski definition) is 2. The summed E-state index contributed by atoms with van der Waals surface area (Å²) in [6.45, 7) is 0.444. The van der Waals surface area contributed by atoms with Crippen LogP contribution in [0.5, 0.6) is 0 Å². The molecule has 0 amide bonds. The van der Waals surface area contributed by atoms with Crippen molar-refractivity contribution in [3.8, 4) is 0 Å². The van der Waals surface area contributed by atoms with Gasteiger partial charge in [0.05, 0.1) is 0 Å². The van der Waals surface area contributed by atoms with Crippen LogP contribution in [-0.2, 0) is 11.2 Å². The van der Waals surface area contributed by atoms with Crippen LogP contribution in [0.4, 0.5) is 0 Å². The Morgan fingerprint density at radius 3 is 2.53 bits per heavy atom. The van der Waals surface area contributed by atoms with E-state index in [2.05, 4.69) is 0 Å². The standard InChI is InChI=1S/C12H17NO2/c13-9-11(8-12(14)15)7-6-10-4-2-1-3-5-10/h1-5,11H,6-9,13H2,(H,14,15). The molecule has 0 spiro atoms. The second kappa shape index (κ2) is 6.19. The molecule has 0 saturated carbocycles. The molecule has 1 aromatic carbocycles. The molecule has 1 atom stereocenters. The Labute approximate surface area is 89.9 Å². The van der Waals surface area contributed by atoms with Crippen molar-refractivity contribution < 1.29 is 9.90 Å². The summed E-state index contributed by atoms with van der Waals surface area (Å²) in [5.41, 5.74) is 6.76. The van der Waals surface area contributed by atoms with Gasteiger partial charge in [-0.2, -0.15) is 0 Å². The van der Waals surface area contributed by atoms with Crippen molar-refractivity contribution in [2.75, 3.05) is 6.54 Å². The van der Waals surface area contributed by atoms with Crippen molar-refractivity contribution in [1.82, 2.24) is 0 Å². The number of carboxylic acids is 1.